The molecule has 0 aliphatic carbocycles. The van der Waals surface area contributed by atoms with Crippen LogP contribution in [0.1, 0.15) is 6.92 Å². The van der Waals surface area contributed by atoms with Crippen LogP contribution < -0.4 is 5.32 Å². The van der Waals surface area contributed by atoms with E-state index in [1.54, 1.807) is 18.0 Å². The summed E-state index contributed by atoms with van der Waals surface area (Å²) < 4.78 is 0.599. The fourth-order valence-corrected chi connectivity index (χ4v) is 2.11. The topological polar surface area (TPSA) is 68.1 Å². The second-order valence-electron chi connectivity index (χ2n) is 3.28. The third-order valence-corrected chi connectivity index (χ3v) is 3.10. The summed E-state index contributed by atoms with van der Waals surface area (Å²) in [6.07, 6.45) is 3.53. The monoisotopic (exact) mass is 305 g/mol. The molecule has 0 radical (unpaired) electrons. The molecule has 0 saturated heterocycles. The maximum Gasteiger partial charge on any atom is 0.312 e. The van der Waals surface area contributed by atoms with Gasteiger partial charge in [-0.15, -0.1) is 0 Å². The lowest BCUT2D eigenvalue weighted by atomic mass is 10.3. The van der Waals surface area contributed by atoms with E-state index >= 15 is 0 Å². The number of nitrogens with zero attached hydrogens (tertiary/aromatic N) is 2. The first-order chi connectivity index (χ1) is 7.54. The van der Waals surface area contributed by atoms with Crippen molar-refractivity contribution < 1.29 is 4.92 Å². The summed E-state index contributed by atoms with van der Waals surface area (Å²) in [6.45, 7) is 1.96. The molecule has 0 aliphatic rings. The highest BCUT2D eigenvalue weighted by molar-refractivity contribution is 9.10. The lowest BCUT2D eigenvalue weighted by Crippen LogP contribution is -2.19. The minimum atomic E-state index is -0.439. The van der Waals surface area contributed by atoms with Crippen LogP contribution in [0, 0.1) is 10.1 Å². The second-order valence-corrected chi connectivity index (χ2v) is 5.11. The van der Waals surface area contributed by atoms with E-state index in [9.17, 15) is 10.1 Å². The smallest absolute Gasteiger partial charge is 0.312 e. The van der Waals surface area contributed by atoms with Crippen LogP contribution >= 0.6 is 27.7 Å². The molecule has 16 heavy (non-hydrogen) atoms. The molecule has 5 nitrogen and oxygen atoms in total. The Morgan fingerprint density at radius 3 is 3.00 bits per heavy atom. The predicted octanol–water partition coefficient (Wildman–Crippen LogP) is 2.92. The Morgan fingerprint density at radius 2 is 2.44 bits per heavy atom. The molecule has 0 amide bonds. The lowest BCUT2D eigenvalue weighted by molar-refractivity contribution is -0.384. The largest absolute Gasteiger partial charge is 0.361 e. The summed E-state index contributed by atoms with van der Waals surface area (Å²) in [4.78, 5) is 14.4. The SMILES string of the molecule is CSCC(C)Nc1ncc(Br)cc1[N+](=O)[O-]. The number of anilines is 1. The molecule has 0 saturated carbocycles. The van der Waals surface area contributed by atoms with Crippen molar-refractivity contribution in [3.05, 3.63) is 26.9 Å². The van der Waals surface area contributed by atoms with Crippen LogP contribution in [0.4, 0.5) is 11.5 Å². The standard InChI is InChI=1S/C9H12BrN3O2S/c1-6(5-16-2)12-9-8(13(14)15)3-7(10)4-11-9/h3-4,6H,5H2,1-2H3,(H,11,12). The van der Waals surface area contributed by atoms with Gasteiger partial charge in [-0.2, -0.15) is 11.8 Å². The van der Waals surface area contributed by atoms with Gasteiger partial charge in [0.25, 0.3) is 0 Å². The van der Waals surface area contributed by atoms with Gasteiger partial charge in [0.2, 0.25) is 5.82 Å². The Bertz CT molecular complexity index is 389. The van der Waals surface area contributed by atoms with Crippen LogP contribution in [0.5, 0.6) is 0 Å². The number of thioether (sulfide) groups is 1. The van der Waals surface area contributed by atoms with E-state index in [1.807, 2.05) is 13.2 Å². The highest BCUT2D eigenvalue weighted by Crippen LogP contribution is 2.25. The first kappa shape index (κ1) is 13.2. The summed E-state index contributed by atoms with van der Waals surface area (Å²) in [5, 5.41) is 13.8. The van der Waals surface area contributed by atoms with Gasteiger partial charge in [0, 0.05) is 28.5 Å². The van der Waals surface area contributed by atoms with Crippen molar-refractivity contribution in [1.29, 1.82) is 0 Å². The van der Waals surface area contributed by atoms with Crippen molar-refractivity contribution in [2.75, 3.05) is 17.3 Å². The fraction of sp³-hybridized carbons (Fsp3) is 0.444. The summed E-state index contributed by atoms with van der Waals surface area (Å²) in [5.41, 5.74) is -0.0117. The number of pyridine rings is 1. The third kappa shape index (κ3) is 3.64. The van der Waals surface area contributed by atoms with Gasteiger partial charge in [-0.05, 0) is 29.1 Å². The van der Waals surface area contributed by atoms with Crippen molar-refractivity contribution >= 4 is 39.2 Å². The lowest BCUT2D eigenvalue weighted by Gasteiger charge is -2.12. The Kier molecular flexibility index (Phi) is 5.01. The Morgan fingerprint density at radius 1 is 1.75 bits per heavy atom. The van der Waals surface area contributed by atoms with Gasteiger partial charge in [-0.1, -0.05) is 0 Å². The van der Waals surface area contributed by atoms with Crippen molar-refractivity contribution in [3.8, 4) is 0 Å². The van der Waals surface area contributed by atoms with Crippen LogP contribution in [-0.2, 0) is 0 Å². The summed E-state index contributed by atoms with van der Waals surface area (Å²) in [6, 6.07) is 1.59. The molecule has 88 valence electrons. The molecule has 0 aliphatic heterocycles. The highest BCUT2D eigenvalue weighted by Gasteiger charge is 2.17. The quantitative estimate of drug-likeness (QED) is 0.669. The molecule has 0 aromatic carbocycles. The van der Waals surface area contributed by atoms with E-state index in [0.29, 0.717) is 10.3 Å². The Labute approximate surface area is 106 Å². The van der Waals surface area contributed by atoms with E-state index in [4.69, 9.17) is 0 Å². The number of halogens is 1. The zero-order valence-electron chi connectivity index (χ0n) is 8.94. The average molecular weight is 306 g/mol. The van der Waals surface area contributed by atoms with E-state index in [0.717, 1.165) is 5.75 Å². The van der Waals surface area contributed by atoms with E-state index in [1.165, 1.54) is 6.07 Å². The Balaban J connectivity index is 2.90. The molecule has 1 heterocycles. The van der Waals surface area contributed by atoms with Crippen molar-refractivity contribution in [2.45, 2.75) is 13.0 Å². The molecule has 1 atom stereocenters. The van der Waals surface area contributed by atoms with Gasteiger partial charge in [-0.3, -0.25) is 10.1 Å². The van der Waals surface area contributed by atoms with Crippen LogP contribution in [0.25, 0.3) is 0 Å². The summed E-state index contributed by atoms with van der Waals surface area (Å²) in [7, 11) is 0. The summed E-state index contributed by atoms with van der Waals surface area (Å²) >= 11 is 4.84. The highest BCUT2D eigenvalue weighted by atomic mass is 79.9. The van der Waals surface area contributed by atoms with Gasteiger partial charge >= 0.3 is 5.69 Å². The Hall–Kier alpha value is -0.820. The number of aromatic nitrogens is 1. The molecule has 1 aromatic heterocycles. The fourth-order valence-electron chi connectivity index (χ4n) is 1.20. The average Bonchev–Trinajstić information content (AvgIpc) is 2.20. The first-order valence-electron chi connectivity index (χ1n) is 4.60. The molecule has 1 N–H and O–H groups in total. The molecule has 1 aromatic rings. The molecule has 0 bridgehead atoms. The summed E-state index contributed by atoms with van der Waals surface area (Å²) in [5.74, 6) is 1.18. The van der Waals surface area contributed by atoms with Gasteiger partial charge in [0.1, 0.15) is 0 Å². The predicted molar refractivity (Wildman–Crippen MR) is 70.1 cm³/mol. The van der Waals surface area contributed by atoms with Crippen molar-refractivity contribution in [3.63, 3.8) is 0 Å². The van der Waals surface area contributed by atoms with E-state index < -0.39 is 4.92 Å². The number of nitrogens with one attached hydrogen (secondary N) is 1. The van der Waals surface area contributed by atoms with Crippen LogP contribution in [0.3, 0.4) is 0 Å². The first-order valence-corrected chi connectivity index (χ1v) is 6.78. The van der Waals surface area contributed by atoms with E-state index in [-0.39, 0.29) is 11.7 Å². The number of hydrogen-bond acceptors (Lipinski definition) is 5. The number of hydrogen-bond donors (Lipinski definition) is 1. The normalized spacial score (nSPS) is 12.2. The van der Waals surface area contributed by atoms with Crippen LogP contribution in [0.15, 0.2) is 16.7 Å². The maximum atomic E-state index is 10.8. The molecule has 1 unspecified atom stereocenters. The minimum Gasteiger partial charge on any atom is -0.361 e. The van der Waals surface area contributed by atoms with Crippen LogP contribution in [-0.4, -0.2) is 28.0 Å². The third-order valence-electron chi connectivity index (χ3n) is 1.83. The molecular formula is C9H12BrN3O2S. The molecule has 1 rings (SSSR count). The molecule has 7 heteroatoms. The van der Waals surface area contributed by atoms with Gasteiger partial charge in [-0.25, -0.2) is 4.98 Å². The number of nitro groups is 1. The van der Waals surface area contributed by atoms with Crippen LogP contribution in [0.2, 0.25) is 0 Å². The second kappa shape index (κ2) is 6.05. The minimum absolute atomic E-state index is 0.0117. The van der Waals surface area contributed by atoms with E-state index in [2.05, 4.69) is 26.2 Å². The zero-order chi connectivity index (χ0) is 12.1. The molecular weight excluding hydrogens is 294 g/mol. The van der Waals surface area contributed by atoms with Gasteiger partial charge in [0.15, 0.2) is 0 Å². The van der Waals surface area contributed by atoms with Crippen molar-refractivity contribution in [2.24, 2.45) is 0 Å². The molecule has 0 spiro atoms. The van der Waals surface area contributed by atoms with Gasteiger partial charge in [0.05, 0.1) is 4.92 Å². The maximum absolute atomic E-state index is 10.8. The number of rotatable bonds is 5. The zero-order valence-corrected chi connectivity index (χ0v) is 11.3. The van der Waals surface area contributed by atoms with Crippen molar-refractivity contribution in [1.82, 2.24) is 4.98 Å². The van der Waals surface area contributed by atoms with Gasteiger partial charge < -0.3 is 5.32 Å². The molecule has 0 fully saturated rings.